The van der Waals surface area contributed by atoms with Crippen LogP contribution in [0.2, 0.25) is 0 Å². The van der Waals surface area contributed by atoms with Gasteiger partial charge in [0.1, 0.15) is 11.5 Å². The molecule has 2 N–H and O–H groups in total. The zero-order valence-corrected chi connectivity index (χ0v) is 17.6. The number of nitro benzene ring substituents is 1. The van der Waals surface area contributed by atoms with Crippen molar-refractivity contribution in [2.24, 2.45) is 5.10 Å². The van der Waals surface area contributed by atoms with E-state index in [0.717, 1.165) is 0 Å². The third kappa shape index (κ3) is 6.62. The van der Waals surface area contributed by atoms with Crippen LogP contribution >= 0.6 is 0 Å². The summed E-state index contributed by atoms with van der Waals surface area (Å²) in [5.74, 6) is 0.111. The number of hydrazone groups is 1. The standard InChI is InChI=1S/C23H20N4O6/c1-32-21-8-3-2-7-20(21)25-22(28)15-33-19-11-9-16(10-12-19)14-24-26-23(29)17-5-4-6-18(13-17)27(30)31/h2-14H,15H2,1H3,(H,25,28)(H,26,29)/b24-14-. The van der Waals surface area contributed by atoms with Gasteiger partial charge in [-0.05, 0) is 48.0 Å². The van der Waals surface area contributed by atoms with Gasteiger partial charge in [0, 0.05) is 17.7 Å². The van der Waals surface area contributed by atoms with Gasteiger partial charge in [-0.15, -0.1) is 0 Å². The van der Waals surface area contributed by atoms with Crippen molar-refractivity contribution in [3.8, 4) is 11.5 Å². The molecule has 0 aliphatic heterocycles. The number of rotatable bonds is 9. The van der Waals surface area contributed by atoms with Crippen LogP contribution in [0.25, 0.3) is 0 Å². The maximum Gasteiger partial charge on any atom is 0.271 e. The molecule has 0 atom stereocenters. The van der Waals surface area contributed by atoms with Crippen molar-refractivity contribution in [1.29, 1.82) is 0 Å². The maximum atomic E-state index is 12.1. The summed E-state index contributed by atoms with van der Waals surface area (Å²) in [4.78, 5) is 34.4. The van der Waals surface area contributed by atoms with E-state index in [1.165, 1.54) is 37.6 Å². The number of methoxy groups -OCH3 is 1. The molecule has 3 aromatic rings. The van der Waals surface area contributed by atoms with Gasteiger partial charge in [-0.3, -0.25) is 19.7 Å². The highest BCUT2D eigenvalue weighted by Gasteiger charge is 2.11. The molecule has 0 saturated heterocycles. The molecule has 0 heterocycles. The zero-order valence-electron chi connectivity index (χ0n) is 17.6. The summed E-state index contributed by atoms with van der Waals surface area (Å²) in [5.41, 5.74) is 3.47. The van der Waals surface area contributed by atoms with E-state index in [9.17, 15) is 19.7 Å². The van der Waals surface area contributed by atoms with E-state index in [-0.39, 0.29) is 23.8 Å². The van der Waals surface area contributed by atoms with Gasteiger partial charge in [0.2, 0.25) is 0 Å². The average Bonchev–Trinajstić information content (AvgIpc) is 2.84. The Balaban J connectivity index is 1.49. The predicted octanol–water partition coefficient (Wildman–Crippen LogP) is 3.38. The second kappa shape index (κ2) is 11.0. The van der Waals surface area contributed by atoms with Crippen molar-refractivity contribution >= 4 is 29.4 Å². The topological polar surface area (TPSA) is 132 Å². The SMILES string of the molecule is COc1ccccc1NC(=O)COc1ccc(/C=N\NC(=O)c2cccc([N+](=O)[O-])c2)cc1. The van der Waals surface area contributed by atoms with Crippen molar-refractivity contribution in [2.45, 2.75) is 0 Å². The number of carbonyl (C=O) groups is 2. The molecule has 0 aliphatic carbocycles. The first-order chi connectivity index (χ1) is 16.0. The molecular formula is C23H20N4O6. The molecule has 3 aromatic carbocycles. The predicted molar refractivity (Wildman–Crippen MR) is 122 cm³/mol. The lowest BCUT2D eigenvalue weighted by Crippen LogP contribution is -2.20. The molecule has 3 rings (SSSR count). The minimum absolute atomic E-state index is 0.122. The molecule has 168 valence electrons. The molecule has 0 aliphatic rings. The molecule has 0 saturated carbocycles. The molecule has 0 unspecified atom stereocenters. The summed E-state index contributed by atoms with van der Waals surface area (Å²) in [6, 6.07) is 19.1. The highest BCUT2D eigenvalue weighted by Crippen LogP contribution is 2.23. The van der Waals surface area contributed by atoms with E-state index in [1.807, 2.05) is 0 Å². The van der Waals surface area contributed by atoms with Crippen LogP contribution in [-0.2, 0) is 4.79 Å². The number of para-hydroxylation sites is 2. The first-order valence-corrected chi connectivity index (χ1v) is 9.70. The van der Waals surface area contributed by atoms with Gasteiger partial charge in [-0.25, -0.2) is 5.43 Å². The lowest BCUT2D eigenvalue weighted by Gasteiger charge is -2.10. The maximum absolute atomic E-state index is 12.1. The van der Waals surface area contributed by atoms with Gasteiger partial charge < -0.3 is 14.8 Å². The van der Waals surface area contributed by atoms with Gasteiger partial charge in [-0.1, -0.05) is 18.2 Å². The molecule has 0 aromatic heterocycles. The van der Waals surface area contributed by atoms with Crippen LogP contribution in [0.4, 0.5) is 11.4 Å². The largest absolute Gasteiger partial charge is 0.495 e. The van der Waals surface area contributed by atoms with Crippen LogP contribution in [-0.4, -0.2) is 36.7 Å². The second-order valence-electron chi connectivity index (χ2n) is 6.61. The first-order valence-electron chi connectivity index (χ1n) is 9.70. The number of hydrogen-bond donors (Lipinski definition) is 2. The van der Waals surface area contributed by atoms with Gasteiger partial charge in [0.05, 0.1) is 23.9 Å². The number of non-ortho nitro benzene ring substituents is 1. The number of amides is 2. The number of nitrogens with zero attached hydrogens (tertiary/aromatic N) is 2. The zero-order chi connectivity index (χ0) is 23.6. The summed E-state index contributed by atoms with van der Waals surface area (Å²) >= 11 is 0. The minimum Gasteiger partial charge on any atom is -0.495 e. The van der Waals surface area contributed by atoms with Gasteiger partial charge >= 0.3 is 0 Å². The van der Waals surface area contributed by atoms with E-state index < -0.39 is 10.8 Å². The van der Waals surface area contributed by atoms with E-state index in [0.29, 0.717) is 22.7 Å². The van der Waals surface area contributed by atoms with Gasteiger partial charge in [0.25, 0.3) is 17.5 Å². The monoisotopic (exact) mass is 448 g/mol. The molecule has 0 spiro atoms. The van der Waals surface area contributed by atoms with E-state index in [4.69, 9.17) is 9.47 Å². The van der Waals surface area contributed by atoms with Crippen molar-refractivity contribution in [3.63, 3.8) is 0 Å². The fourth-order valence-electron chi connectivity index (χ4n) is 2.72. The Morgan fingerprint density at radius 1 is 1.06 bits per heavy atom. The lowest BCUT2D eigenvalue weighted by molar-refractivity contribution is -0.384. The molecule has 0 fully saturated rings. The minimum atomic E-state index is -0.578. The van der Waals surface area contributed by atoms with Crippen LogP contribution in [0.15, 0.2) is 77.9 Å². The Labute approximate surface area is 189 Å². The van der Waals surface area contributed by atoms with Crippen LogP contribution in [0.1, 0.15) is 15.9 Å². The van der Waals surface area contributed by atoms with E-state index >= 15 is 0 Å². The summed E-state index contributed by atoms with van der Waals surface area (Å²) < 4.78 is 10.7. The Bertz CT molecular complexity index is 1180. The van der Waals surface area contributed by atoms with Crippen LogP contribution in [0.5, 0.6) is 11.5 Å². The molecule has 10 nitrogen and oxygen atoms in total. The summed E-state index contributed by atoms with van der Waals surface area (Å²) in [6.07, 6.45) is 1.41. The molecule has 2 amide bonds. The fourth-order valence-corrected chi connectivity index (χ4v) is 2.72. The summed E-state index contributed by atoms with van der Waals surface area (Å²) in [6.45, 7) is -0.190. The number of carbonyl (C=O) groups excluding carboxylic acids is 2. The smallest absolute Gasteiger partial charge is 0.271 e. The third-order valence-corrected chi connectivity index (χ3v) is 4.33. The number of benzene rings is 3. The number of nitrogens with one attached hydrogen (secondary N) is 2. The summed E-state index contributed by atoms with van der Waals surface area (Å²) in [5, 5.41) is 17.4. The fraction of sp³-hybridized carbons (Fsp3) is 0.0870. The van der Waals surface area contributed by atoms with E-state index in [1.54, 1.807) is 48.5 Å². The molecule has 0 bridgehead atoms. The highest BCUT2D eigenvalue weighted by molar-refractivity contribution is 5.95. The third-order valence-electron chi connectivity index (χ3n) is 4.33. The van der Waals surface area contributed by atoms with E-state index in [2.05, 4.69) is 15.8 Å². The lowest BCUT2D eigenvalue weighted by atomic mass is 10.2. The Kier molecular flexibility index (Phi) is 7.68. The Morgan fingerprint density at radius 2 is 1.82 bits per heavy atom. The molecule has 33 heavy (non-hydrogen) atoms. The van der Waals surface area contributed by atoms with Crippen molar-refractivity contribution in [3.05, 3.63) is 94.0 Å². The second-order valence-corrected chi connectivity index (χ2v) is 6.61. The Morgan fingerprint density at radius 3 is 2.55 bits per heavy atom. The average molecular weight is 448 g/mol. The highest BCUT2D eigenvalue weighted by atomic mass is 16.6. The normalized spacial score (nSPS) is 10.5. The van der Waals surface area contributed by atoms with Crippen molar-refractivity contribution in [2.75, 3.05) is 19.0 Å². The Hall–Kier alpha value is -4.73. The van der Waals surface area contributed by atoms with Crippen LogP contribution in [0, 0.1) is 10.1 Å². The van der Waals surface area contributed by atoms with Crippen LogP contribution in [0.3, 0.4) is 0 Å². The summed E-state index contributed by atoms with van der Waals surface area (Å²) in [7, 11) is 1.52. The van der Waals surface area contributed by atoms with Crippen LogP contribution < -0.4 is 20.2 Å². The number of nitro groups is 1. The van der Waals surface area contributed by atoms with Gasteiger partial charge in [-0.2, -0.15) is 5.10 Å². The first kappa shape index (κ1) is 22.9. The number of ether oxygens (including phenoxy) is 2. The molecule has 10 heteroatoms. The van der Waals surface area contributed by atoms with Crippen molar-refractivity contribution in [1.82, 2.24) is 5.43 Å². The quantitative estimate of drug-likeness (QED) is 0.293. The number of anilines is 1. The van der Waals surface area contributed by atoms with Gasteiger partial charge in [0.15, 0.2) is 6.61 Å². The number of hydrogen-bond acceptors (Lipinski definition) is 7. The molecular weight excluding hydrogens is 428 g/mol. The van der Waals surface area contributed by atoms with Crippen molar-refractivity contribution < 1.29 is 24.0 Å². The molecule has 0 radical (unpaired) electrons.